The van der Waals surface area contributed by atoms with E-state index < -0.39 is 23.8 Å². The van der Waals surface area contributed by atoms with E-state index >= 15 is 0 Å². The molecule has 1 saturated heterocycles. The molecule has 6 nitrogen and oxygen atoms in total. The Morgan fingerprint density at radius 3 is 2.27 bits per heavy atom. The number of anilines is 1. The van der Waals surface area contributed by atoms with Gasteiger partial charge in [0.05, 0.1) is 11.7 Å². The van der Waals surface area contributed by atoms with Crippen molar-refractivity contribution in [2.24, 2.45) is 27.7 Å². The van der Waals surface area contributed by atoms with Gasteiger partial charge in [-0.3, -0.25) is 19.9 Å². The molecule has 1 heterocycles. The van der Waals surface area contributed by atoms with Gasteiger partial charge in [-0.15, -0.1) is 0 Å². The fraction of sp³-hybridized carbons (Fsp3) is 0.583. The highest BCUT2D eigenvalue weighted by Gasteiger charge is 2.61. The van der Waals surface area contributed by atoms with Crippen LogP contribution in [0.4, 0.5) is 10.5 Å². The molecule has 0 spiro atoms. The Hall–Kier alpha value is -2.50. The first-order valence-electron chi connectivity index (χ1n) is 10.8. The number of hydrogen-bond donors (Lipinski definition) is 1. The molecule has 3 aliphatic rings. The van der Waals surface area contributed by atoms with Gasteiger partial charge in [0.2, 0.25) is 5.91 Å². The molecule has 0 unspecified atom stereocenters. The lowest BCUT2D eigenvalue weighted by Gasteiger charge is -2.37. The van der Waals surface area contributed by atoms with E-state index in [-0.39, 0.29) is 16.9 Å². The zero-order valence-electron chi connectivity index (χ0n) is 18.7. The van der Waals surface area contributed by atoms with Crippen molar-refractivity contribution in [2.45, 2.75) is 66.8 Å². The molecular formula is C24H31N3O3. The van der Waals surface area contributed by atoms with Crippen molar-refractivity contribution < 1.29 is 14.4 Å². The van der Waals surface area contributed by atoms with Gasteiger partial charge in [-0.05, 0) is 67.9 Å². The van der Waals surface area contributed by atoms with Crippen LogP contribution in [0.15, 0.2) is 17.1 Å². The van der Waals surface area contributed by atoms with Gasteiger partial charge in [0.15, 0.2) is 5.92 Å². The summed E-state index contributed by atoms with van der Waals surface area (Å²) in [5, 5.41) is 2.35. The SMILES string of the molecule is Cc1cc(C)c(N2C(=O)NC(=O)[C@@H](C=N[C@H]3C[C@@H]4CC[C@@]3(C)C4(C)C)C2=O)c(C)c1. The van der Waals surface area contributed by atoms with E-state index in [0.29, 0.717) is 11.6 Å². The highest BCUT2D eigenvalue weighted by Crippen LogP contribution is 2.66. The molecule has 1 aliphatic heterocycles. The Morgan fingerprint density at radius 2 is 1.73 bits per heavy atom. The second-order valence-electron chi connectivity index (χ2n) is 10.1. The molecule has 0 radical (unpaired) electrons. The average Bonchev–Trinajstić information content (AvgIpc) is 2.96. The minimum absolute atomic E-state index is 0.0714. The molecule has 3 fully saturated rings. The number of carbonyl (C=O) groups excluding carboxylic acids is 3. The molecule has 160 valence electrons. The summed E-state index contributed by atoms with van der Waals surface area (Å²) >= 11 is 0. The summed E-state index contributed by atoms with van der Waals surface area (Å²) in [5.41, 5.74) is 3.52. The lowest BCUT2D eigenvalue weighted by molar-refractivity contribution is -0.131. The lowest BCUT2D eigenvalue weighted by atomic mass is 9.69. The van der Waals surface area contributed by atoms with Crippen LogP contribution < -0.4 is 10.2 Å². The summed E-state index contributed by atoms with van der Waals surface area (Å²) in [5.74, 6) is -1.60. The molecule has 1 N–H and O–H groups in total. The maximum absolute atomic E-state index is 13.3. The normalized spacial score (nSPS) is 32.9. The van der Waals surface area contributed by atoms with Gasteiger partial charge in [-0.2, -0.15) is 0 Å². The number of nitrogens with one attached hydrogen (secondary N) is 1. The summed E-state index contributed by atoms with van der Waals surface area (Å²) in [6.07, 6.45) is 4.81. The van der Waals surface area contributed by atoms with Gasteiger partial charge in [0.1, 0.15) is 0 Å². The Bertz CT molecular complexity index is 957. The Balaban J connectivity index is 1.64. The highest BCUT2D eigenvalue weighted by molar-refractivity contribution is 6.33. The fourth-order valence-corrected chi connectivity index (χ4v) is 6.04. The van der Waals surface area contributed by atoms with Crippen LogP contribution in [-0.2, 0) is 9.59 Å². The topological polar surface area (TPSA) is 78.8 Å². The van der Waals surface area contributed by atoms with E-state index in [0.717, 1.165) is 34.4 Å². The second-order valence-corrected chi connectivity index (χ2v) is 10.1. The van der Waals surface area contributed by atoms with Crippen molar-refractivity contribution in [1.29, 1.82) is 0 Å². The third-order valence-corrected chi connectivity index (χ3v) is 8.22. The lowest BCUT2D eigenvalue weighted by Crippen LogP contribution is -2.59. The molecule has 1 aromatic carbocycles. The Labute approximate surface area is 178 Å². The van der Waals surface area contributed by atoms with E-state index in [2.05, 4.69) is 26.1 Å². The van der Waals surface area contributed by atoms with Crippen LogP contribution in [0.5, 0.6) is 0 Å². The third-order valence-electron chi connectivity index (χ3n) is 8.22. The molecule has 2 bridgehead atoms. The van der Waals surface area contributed by atoms with E-state index in [1.165, 1.54) is 12.6 Å². The third kappa shape index (κ3) is 2.83. The average molecular weight is 410 g/mol. The van der Waals surface area contributed by atoms with Crippen molar-refractivity contribution >= 4 is 29.7 Å². The van der Waals surface area contributed by atoms with Gasteiger partial charge < -0.3 is 0 Å². The number of benzene rings is 1. The van der Waals surface area contributed by atoms with Crippen molar-refractivity contribution in [3.8, 4) is 0 Å². The predicted octanol–water partition coefficient (Wildman–Crippen LogP) is 4.10. The first kappa shape index (κ1) is 20.8. The van der Waals surface area contributed by atoms with Crippen LogP contribution in [0.1, 0.15) is 56.7 Å². The number of urea groups is 1. The number of imide groups is 2. The number of amides is 4. The predicted molar refractivity (Wildman–Crippen MR) is 117 cm³/mol. The van der Waals surface area contributed by atoms with Gasteiger partial charge in [-0.1, -0.05) is 38.5 Å². The zero-order valence-corrected chi connectivity index (χ0v) is 18.7. The Kier molecular flexibility index (Phi) is 4.68. The minimum Gasteiger partial charge on any atom is -0.292 e. The summed E-state index contributed by atoms with van der Waals surface area (Å²) in [4.78, 5) is 44.2. The monoisotopic (exact) mass is 409 g/mol. The maximum Gasteiger partial charge on any atom is 0.335 e. The van der Waals surface area contributed by atoms with Crippen LogP contribution in [0.25, 0.3) is 0 Å². The van der Waals surface area contributed by atoms with Gasteiger partial charge in [-0.25, -0.2) is 9.69 Å². The standard InChI is InChI=1S/C24H31N3O3/c1-13-9-14(2)19(15(3)10-13)27-21(29)17(20(28)26-22(27)30)12-25-18-11-16-7-8-24(18,6)23(16,4)5/h9-10,12,16-18H,7-8,11H2,1-6H3,(H,26,28,30)/t16-,17+,18-,24+/m0/s1. The van der Waals surface area contributed by atoms with E-state index in [1.807, 2.05) is 32.9 Å². The second kappa shape index (κ2) is 6.76. The molecule has 2 saturated carbocycles. The molecule has 0 aromatic heterocycles. The number of fused-ring (bicyclic) bond motifs is 2. The van der Waals surface area contributed by atoms with Crippen LogP contribution in [0.2, 0.25) is 0 Å². The summed E-state index contributed by atoms with van der Waals surface area (Å²) in [6.45, 7) is 12.6. The molecule has 4 atom stereocenters. The van der Waals surface area contributed by atoms with Crippen LogP contribution >= 0.6 is 0 Å². The molecule has 4 rings (SSSR count). The minimum atomic E-state index is -1.09. The molecular weight excluding hydrogens is 378 g/mol. The number of rotatable bonds is 3. The molecule has 1 aromatic rings. The first-order chi connectivity index (χ1) is 14.0. The quantitative estimate of drug-likeness (QED) is 0.603. The highest BCUT2D eigenvalue weighted by atomic mass is 16.2. The van der Waals surface area contributed by atoms with Crippen LogP contribution in [0, 0.1) is 43.4 Å². The maximum atomic E-state index is 13.3. The van der Waals surface area contributed by atoms with Crippen molar-refractivity contribution in [1.82, 2.24) is 5.32 Å². The molecule has 6 heteroatoms. The van der Waals surface area contributed by atoms with E-state index in [9.17, 15) is 14.4 Å². The molecule has 4 amide bonds. The van der Waals surface area contributed by atoms with Crippen LogP contribution in [0.3, 0.4) is 0 Å². The molecule has 2 aliphatic carbocycles. The van der Waals surface area contributed by atoms with Crippen molar-refractivity contribution in [2.75, 3.05) is 4.90 Å². The number of aliphatic imine (C=N–C) groups is 1. The van der Waals surface area contributed by atoms with E-state index in [4.69, 9.17) is 4.99 Å². The number of barbiturate groups is 1. The largest absolute Gasteiger partial charge is 0.335 e. The molecule has 30 heavy (non-hydrogen) atoms. The zero-order chi connectivity index (χ0) is 22.0. The summed E-state index contributed by atoms with van der Waals surface area (Å²) < 4.78 is 0. The van der Waals surface area contributed by atoms with Crippen LogP contribution in [-0.4, -0.2) is 30.1 Å². The number of carbonyl (C=O) groups is 3. The van der Waals surface area contributed by atoms with Crippen molar-refractivity contribution in [3.63, 3.8) is 0 Å². The van der Waals surface area contributed by atoms with Gasteiger partial charge in [0.25, 0.3) is 5.91 Å². The summed E-state index contributed by atoms with van der Waals surface area (Å²) in [7, 11) is 0. The van der Waals surface area contributed by atoms with Crippen molar-refractivity contribution in [3.05, 3.63) is 28.8 Å². The van der Waals surface area contributed by atoms with Gasteiger partial charge >= 0.3 is 6.03 Å². The summed E-state index contributed by atoms with van der Waals surface area (Å²) in [6, 6.07) is 3.26. The van der Waals surface area contributed by atoms with Gasteiger partial charge in [0, 0.05) is 6.21 Å². The number of nitrogens with zero attached hydrogens (tertiary/aromatic N) is 2. The Morgan fingerprint density at radius 1 is 1.10 bits per heavy atom. The fourth-order valence-electron chi connectivity index (χ4n) is 6.04. The smallest absolute Gasteiger partial charge is 0.292 e. The first-order valence-corrected chi connectivity index (χ1v) is 10.8. The number of aryl methyl sites for hydroxylation is 3. The van der Waals surface area contributed by atoms with E-state index in [1.54, 1.807) is 0 Å². The number of hydrogen-bond acceptors (Lipinski definition) is 4.